The number of methoxy groups -OCH3 is 1. The second-order valence-corrected chi connectivity index (χ2v) is 5.10. The largest absolute Gasteiger partial charge is 0.469 e. The molecule has 110 valence electrons. The van der Waals surface area contributed by atoms with E-state index in [1.54, 1.807) is 12.3 Å². The number of rotatable bonds is 4. The molecule has 0 fully saturated rings. The molecule has 2 rings (SSSR count). The predicted molar refractivity (Wildman–Crippen MR) is 77.6 cm³/mol. The monoisotopic (exact) mass is 307 g/mol. The highest BCUT2D eigenvalue weighted by atomic mass is 32.1. The van der Waals surface area contributed by atoms with E-state index < -0.39 is 11.9 Å². The second-order valence-electron chi connectivity index (χ2n) is 4.24. The standard InChI is InChI=1S/C13H13N3O4S/c1-7-3-10(17)9(5-14-7)12(19)16-13-15-8(6-21-13)4-11(18)20-2/h3,5-6H,4H2,1-2H3,(H,14,17)(H,15,16,19). The summed E-state index contributed by atoms with van der Waals surface area (Å²) in [5.74, 6) is -0.955. The van der Waals surface area contributed by atoms with E-state index >= 15 is 0 Å². The maximum absolute atomic E-state index is 12.0. The summed E-state index contributed by atoms with van der Waals surface area (Å²) in [5, 5.41) is 4.49. The van der Waals surface area contributed by atoms with Crippen LogP contribution in [0.4, 0.5) is 5.13 Å². The number of thiazole rings is 1. The number of amides is 1. The van der Waals surface area contributed by atoms with Crippen molar-refractivity contribution in [2.24, 2.45) is 0 Å². The molecule has 0 aromatic carbocycles. The third-order valence-corrected chi connectivity index (χ3v) is 3.43. The lowest BCUT2D eigenvalue weighted by atomic mass is 10.2. The number of H-pyrrole nitrogens is 1. The quantitative estimate of drug-likeness (QED) is 0.824. The lowest BCUT2D eigenvalue weighted by Gasteiger charge is -2.01. The van der Waals surface area contributed by atoms with E-state index in [1.165, 1.54) is 30.7 Å². The maximum Gasteiger partial charge on any atom is 0.311 e. The van der Waals surface area contributed by atoms with Crippen molar-refractivity contribution in [2.45, 2.75) is 13.3 Å². The molecule has 0 saturated carbocycles. The van der Waals surface area contributed by atoms with Crippen LogP contribution in [0.25, 0.3) is 0 Å². The van der Waals surface area contributed by atoms with Crippen LogP contribution in [0.15, 0.2) is 22.4 Å². The van der Waals surface area contributed by atoms with E-state index in [-0.39, 0.29) is 17.4 Å². The van der Waals surface area contributed by atoms with Crippen LogP contribution in [-0.2, 0) is 16.0 Å². The summed E-state index contributed by atoms with van der Waals surface area (Å²) in [6.45, 7) is 1.73. The molecule has 7 nitrogen and oxygen atoms in total. The number of ether oxygens (including phenoxy) is 1. The molecule has 8 heteroatoms. The normalized spacial score (nSPS) is 10.2. The van der Waals surface area contributed by atoms with E-state index in [2.05, 4.69) is 20.0 Å². The van der Waals surface area contributed by atoms with Crippen molar-refractivity contribution in [3.05, 3.63) is 44.8 Å². The van der Waals surface area contributed by atoms with Crippen LogP contribution in [0.3, 0.4) is 0 Å². The van der Waals surface area contributed by atoms with Gasteiger partial charge in [-0.1, -0.05) is 0 Å². The average Bonchev–Trinajstić information content (AvgIpc) is 2.85. The molecule has 0 atom stereocenters. The molecule has 21 heavy (non-hydrogen) atoms. The van der Waals surface area contributed by atoms with Gasteiger partial charge in [0.05, 0.1) is 19.2 Å². The molecule has 0 unspecified atom stereocenters. The third-order valence-electron chi connectivity index (χ3n) is 2.63. The van der Waals surface area contributed by atoms with Gasteiger partial charge in [0.2, 0.25) is 0 Å². The van der Waals surface area contributed by atoms with Crippen LogP contribution in [0.2, 0.25) is 0 Å². The number of esters is 1. The lowest BCUT2D eigenvalue weighted by Crippen LogP contribution is -2.21. The van der Waals surface area contributed by atoms with Crippen molar-refractivity contribution in [3.8, 4) is 0 Å². The smallest absolute Gasteiger partial charge is 0.311 e. The number of hydrogen-bond donors (Lipinski definition) is 2. The van der Waals surface area contributed by atoms with Crippen molar-refractivity contribution in [1.82, 2.24) is 9.97 Å². The van der Waals surface area contributed by atoms with Gasteiger partial charge < -0.3 is 9.72 Å². The highest BCUT2D eigenvalue weighted by Crippen LogP contribution is 2.16. The number of anilines is 1. The maximum atomic E-state index is 12.0. The van der Waals surface area contributed by atoms with Crippen LogP contribution in [-0.4, -0.2) is 29.0 Å². The zero-order chi connectivity index (χ0) is 15.4. The van der Waals surface area contributed by atoms with Crippen LogP contribution >= 0.6 is 11.3 Å². The van der Waals surface area contributed by atoms with Gasteiger partial charge in [-0.25, -0.2) is 4.98 Å². The Balaban J connectivity index is 2.09. The van der Waals surface area contributed by atoms with Gasteiger partial charge in [0.1, 0.15) is 5.56 Å². The first kappa shape index (κ1) is 14.9. The fourth-order valence-corrected chi connectivity index (χ4v) is 2.29. The molecule has 2 aromatic heterocycles. The summed E-state index contributed by atoms with van der Waals surface area (Å²) < 4.78 is 4.53. The minimum absolute atomic E-state index is 0.00492. The van der Waals surface area contributed by atoms with Gasteiger partial charge in [0.25, 0.3) is 5.91 Å². The van der Waals surface area contributed by atoms with E-state index in [0.29, 0.717) is 16.5 Å². The number of hydrogen-bond acceptors (Lipinski definition) is 6. The number of carbonyl (C=O) groups is 2. The summed E-state index contributed by atoms with van der Waals surface area (Å²) in [7, 11) is 1.29. The van der Waals surface area contributed by atoms with Crippen molar-refractivity contribution < 1.29 is 14.3 Å². The van der Waals surface area contributed by atoms with Gasteiger partial charge >= 0.3 is 5.97 Å². The van der Waals surface area contributed by atoms with Crippen LogP contribution in [0.1, 0.15) is 21.7 Å². The molecule has 0 radical (unpaired) electrons. The highest BCUT2D eigenvalue weighted by molar-refractivity contribution is 7.14. The van der Waals surface area contributed by atoms with E-state index in [0.717, 1.165) is 0 Å². The van der Waals surface area contributed by atoms with Crippen molar-refractivity contribution in [2.75, 3.05) is 12.4 Å². The SMILES string of the molecule is COC(=O)Cc1csc(NC(=O)c2c[nH]c(C)cc2=O)n1. The highest BCUT2D eigenvalue weighted by Gasteiger charge is 2.13. The van der Waals surface area contributed by atoms with Gasteiger partial charge in [-0.3, -0.25) is 19.7 Å². The minimum atomic E-state index is -0.546. The zero-order valence-corrected chi connectivity index (χ0v) is 12.2. The molecule has 1 amide bonds. The number of carbonyl (C=O) groups excluding carboxylic acids is 2. The van der Waals surface area contributed by atoms with Crippen LogP contribution < -0.4 is 10.7 Å². The lowest BCUT2D eigenvalue weighted by molar-refractivity contribution is -0.139. The van der Waals surface area contributed by atoms with E-state index in [4.69, 9.17) is 0 Å². The molecule has 0 aliphatic carbocycles. The molecule has 2 heterocycles. The van der Waals surface area contributed by atoms with Crippen molar-refractivity contribution in [1.29, 1.82) is 0 Å². The fraction of sp³-hybridized carbons (Fsp3) is 0.231. The number of nitrogens with one attached hydrogen (secondary N) is 2. The Kier molecular flexibility index (Phi) is 4.49. The van der Waals surface area contributed by atoms with Gasteiger partial charge in [0, 0.05) is 23.3 Å². The van der Waals surface area contributed by atoms with Gasteiger partial charge in [0.15, 0.2) is 10.6 Å². The Bertz CT molecular complexity index is 735. The second kappa shape index (κ2) is 6.31. The molecule has 0 aliphatic rings. The Morgan fingerprint density at radius 1 is 1.48 bits per heavy atom. The molecular formula is C13H13N3O4S. The van der Waals surface area contributed by atoms with Gasteiger partial charge in [-0.15, -0.1) is 11.3 Å². The summed E-state index contributed by atoms with van der Waals surface area (Å²) in [4.78, 5) is 41.7. The Labute approximate surface area is 124 Å². The minimum Gasteiger partial charge on any atom is -0.469 e. The summed E-state index contributed by atoms with van der Waals surface area (Å²) >= 11 is 1.17. The molecule has 0 aliphatic heterocycles. The zero-order valence-electron chi connectivity index (χ0n) is 11.4. The number of aromatic amines is 1. The molecule has 2 aromatic rings. The molecule has 0 saturated heterocycles. The molecular weight excluding hydrogens is 294 g/mol. The fourth-order valence-electron chi connectivity index (χ4n) is 1.58. The molecule has 2 N–H and O–H groups in total. The van der Waals surface area contributed by atoms with Gasteiger partial charge in [-0.2, -0.15) is 0 Å². The number of pyridine rings is 1. The third kappa shape index (κ3) is 3.76. The van der Waals surface area contributed by atoms with Crippen LogP contribution in [0, 0.1) is 6.92 Å². The Morgan fingerprint density at radius 3 is 2.90 bits per heavy atom. The van der Waals surface area contributed by atoms with Crippen LogP contribution in [0.5, 0.6) is 0 Å². The summed E-state index contributed by atoms with van der Waals surface area (Å²) in [5.41, 5.74) is 0.812. The number of aromatic nitrogens is 2. The van der Waals surface area contributed by atoms with Gasteiger partial charge in [-0.05, 0) is 6.92 Å². The Morgan fingerprint density at radius 2 is 2.24 bits per heavy atom. The first-order valence-electron chi connectivity index (χ1n) is 6.01. The summed E-state index contributed by atoms with van der Waals surface area (Å²) in [6.07, 6.45) is 1.39. The summed E-state index contributed by atoms with van der Waals surface area (Å²) in [6, 6.07) is 1.35. The predicted octanol–water partition coefficient (Wildman–Crippen LogP) is 1.11. The van der Waals surface area contributed by atoms with Crippen molar-refractivity contribution in [3.63, 3.8) is 0 Å². The number of aryl methyl sites for hydroxylation is 1. The average molecular weight is 307 g/mol. The molecule has 0 bridgehead atoms. The first-order valence-corrected chi connectivity index (χ1v) is 6.89. The topological polar surface area (TPSA) is 101 Å². The number of nitrogens with zero attached hydrogens (tertiary/aromatic N) is 1. The first-order chi connectivity index (χ1) is 9.99. The van der Waals surface area contributed by atoms with E-state index in [9.17, 15) is 14.4 Å². The van der Waals surface area contributed by atoms with Crippen molar-refractivity contribution >= 4 is 28.3 Å². The molecule has 0 spiro atoms. The van der Waals surface area contributed by atoms with E-state index in [1.807, 2.05) is 0 Å². The Hall–Kier alpha value is -2.48.